The third kappa shape index (κ3) is 2.20. The summed E-state index contributed by atoms with van der Waals surface area (Å²) >= 11 is 0. The van der Waals surface area contributed by atoms with E-state index in [0.717, 1.165) is 6.07 Å². The highest BCUT2D eigenvalue weighted by molar-refractivity contribution is 5.98. The van der Waals surface area contributed by atoms with Crippen LogP contribution in [0.5, 0.6) is 0 Å². The van der Waals surface area contributed by atoms with Gasteiger partial charge in [-0.1, -0.05) is 6.07 Å². The molecule has 4 nitrogen and oxygen atoms in total. The lowest BCUT2D eigenvalue weighted by Gasteiger charge is -2.22. The number of hydrogen-bond donors (Lipinski definition) is 1. The van der Waals surface area contributed by atoms with Gasteiger partial charge in [0.05, 0.1) is 0 Å². The molecule has 0 radical (unpaired) electrons. The van der Waals surface area contributed by atoms with Gasteiger partial charge in [-0.2, -0.15) is 0 Å². The molecule has 1 aliphatic rings. The first-order chi connectivity index (χ1) is 8.50. The summed E-state index contributed by atoms with van der Waals surface area (Å²) in [7, 11) is 0. The van der Waals surface area contributed by atoms with Gasteiger partial charge in [-0.05, 0) is 37.5 Å². The molecule has 5 heteroatoms. The number of benzene rings is 1. The van der Waals surface area contributed by atoms with Crippen LogP contribution in [0.15, 0.2) is 18.2 Å². The maximum absolute atomic E-state index is 13.2. The first-order valence-corrected chi connectivity index (χ1v) is 5.80. The molecule has 1 fully saturated rings. The molecule has 1 atom stereocenters. The van der Waals surface area contributed by atoms with Gasteiger partial charge in [-0.3, -0.25) is 4.79 Å². The molecule has 1 aromatic carbocycles. The fourth-order valence-electron chi connectivity index (χ4n) is 2.25. The van der Waals surface area contributed by atoms with E-state index in [1.807, 2.05) is 0 Å². The third-order valence-electron chi connectivity index (χ3n) is 3.23. The molecule has 1 saturated heterocycles. The van der Waals surface area contributed by atoms with E-state index in [4.69, 9.17) is 5.11 Å². The predicted octanol–water partition coefficient (Wildman–Crippen LogP) is 1.82. The Morgan fingerprint density at radius 2 is 2.17 bits per heavy atom. The lowest BCUT2D eigenvalue weighted by molar-refractivity contribution is -0.141. The molecule has 18 heavy (non-hydrogen) atoms. The second-order valence-electron chi connectivity index (χ2n) is 4.45. The molecule has 1 amide bonds. The molecule has 0 bridgehead atoms. The Balaban J connectivity index is 2.31. The number of likely N-dealkylation sites (tertiary alicyclic amines) is 1. The van der Waals surface area contributed by atoms with E-state index in [1.165, 1.54) is 17.0 Å². The second-order valence-corrected chi connectivity index (χ2v) is 4.45. The summed E-state index contributed by atoms with van der Waals surface area (Å²) in [6, 6.07) is 3.17. The first kappa shape index (κ1) is 12.5. The van der Waals surface area contributed by atoms with Crippen molar-refractivity contribution in [3.05, 3.63) is 35.1 Å². The van der Waals surface area contributed by atoms with Crippen molar-refractivity contribution in [2.75, 3.05) is 6.54 Å². The Hall–Kier alpha value is -1.91. The average Bonchev–Trinajstić information content (AvgIpc) is 2.80. The lowest BCUT2D eigenvalue weighted by atomic mass is 10.1. The van der Waals surface area contributed by atoms with Crippen molar-refractivity contribution in [3.63, 3.8) is 0 Å². The number of carboxylic acids is 1. The third-order valence-corrected chi connectivity index (χ3v) is 3.23. The zero-order chi connectivity index (χ0) is 13.3. The van der Waals surface area contributed by atoms with E-state index in [2.05, 4.69) is 0 Å². The van der Waals surface area contributed by atoms with E-state index in [0.29, 0.717) is 24.9 Å². The topological polar surface area (TPSA) is 57.6 Å². The molecule has 2 rings (SSSR count). The number of aliphatic carboxylic acids is 1. The van der Waals surface area contributed by atoms with Crippen LogP contribution in [0.1, 0.15) is 28.8 Å². The van der Waals surface area contributed by atoms with E-state index < -0.39 is 23.7 Å². The monoisotopic (exact) mass is 251 g/mol. The number of carbonyl (C=O) groups excluding carboxylic acids is 1. The summed E-state index contributed by atoms with van der Waals surface area (Å²) in [4.78, 5) is 24.6. The minimum atomic E-state index is -1.00. The largest absolute Gasteiger partial charge is 0.480 e. The number of carbonyl (C=O) groups is 2. The zero-order valence-corrected chi connectivity index (χ0v) is 10.0. The van der Waals surface area contributed by atoms with Gasteiger partial charge in [-0.25, -0.2) is 9.18 Å². The van der Waals surface area contributed by atoms with Crippen LogP contribution < -0.4 is 0 Å². The van der Waals surface area contributed by atoms with Gasteiger partial charge in [0.1, 0.15) is 11.9 Å². The van der Waals surface area contributed by atoms with Crippen LogP contribution in [-0.2, 0) is 4.79 Å². The van der Waals surface area contributed by atoms with E-state index >= 15 is 0 Å². The molecule has 1 N–H and O–H groups in total. The Labute approximate surface area is 104 Å². The summed E-state index contributed by atoms with van der Waals surface area (Å²) in [6.07, 6.45) is 1.12. The van der Waals surface area contributed by atoms with Gasteiger partial charge < -0.3 is 10.0 Å². The van der Waals surface area contributed by atoms with Crippen molar-refractivity contribution in [1.82, 2.24) is 4.90 Å². The molecular formula is C13H14FNO3. The number of nitrogens with zero attached hydrogens (tertiary/aromatic N) is 1. The van der Waals surface area contributed by atoms with Gasteiger partial charge in [0.2, 0.25) is 0 Å². The first-order valence-electron chi connectivity index (χ1n) is 5.80. The van der Waals surface area contributed by atoms with Crippen molar-refractivity contribution in [3.8, 4) is 0 Å². The van der Waals surface area contributed by atoms with Gasteiger partial charge >= 0.3 is 5.97 Å². The molecule has 0 aromatic heterocycles. The number of hydrogen-bond acceptors (Lipinski definition) is 2. The second kappa shape index (κ2) is 4.76. The fraction of sp³-hybridized carbons (Fsp3) is 0.385. The minimum absolute atomic E-state index is 0.239. The summed E-state index contributed by atoms with van der Waals surface area (Å²) in [5, 5.41) is 9.04. The maximum Gasteiger partial charge on any atom is 0.326 e. The molecule has 1 aromatic rings. The fourth-order valence-corrected chi connectivity index (χ4v) is 2.25. The molecule has 0 aliphatic carbocycles. The normalized spacial score (nSPS) is 19.0. The van der Waals surface area contributed by atoms with Crippen molar-refractivity contribution in [1.29, 1.82) is 0 Å². The van der Waals surface area contributed by atoms with Crippen molar-refractivity contribution >= 4 is 11.9 Å². The Bertz CT molecular complexity index is 501. The van der Waals surface area contributed by atoms with E-state index in [9.17, 15) is 14.0 Å². The van der Waals surface area contributed by atoms with Crippen LogP contribution in [-0.4, -0.2) is 34.5 Å². The highest BCUT2D eigenvalue weighted by Crippen LogP contribution is 2.22. The van der Waals surface area contributed by atoms with Gasteiger partial charge in [0.25, 0.3) is 5.91 Å². The van der Waals surface area contributed by atoms with Gasteiger partial charge in [0, 0.05) is 12.1 Å². The van der Waals surface area contributed by atoms with Crippen LogP contribution in [0.25, 0.3) is 0 Å². The Kier molecular flexibility index (Phi) is 3.32. The van der Waals surface area contributed by atoms with Crippen LogP contribution in [0.2, 0.25) is 0 Å². The molecule has 0 saturated carbocycles. The van der Waals surface area contributed by atoms with Gasteiger partial charge in [0.15, 0.2) is 0 Å². The Morgan fingerprint density at radius 1 is 1.44 bits per heavy atom. The average molecular weight is 251 g/mol. The van der Waals surface area contributed by atoms with Crippen molar-refractivity contribution in [2.24, 2.45) is 0 Å². The number of rotatable bonds is 2. The zero-order valence-electron chi connectivity index (χ0n) is 10.0. The van der Waals surface area contributed by atoms with Crippen LogP contribution in [0.3, 0.4) is 0 Å². The van der Waals surface area contributed by atoms with Gasteiger partial charge in [-0.15, -0.1) is 0 Å². The molecular weight excluding hydrogens is 237 g/mol. The SMILES string of the molecule is Cc1ccc(F)cc1C(=O)N1CCC[C@@H]1C(=O)O. The van der Waals surface area contributed by atoms with E-state index in [-0.39, 0.29) is 5.56 Å². The minimum Gasteiger partial charge on any atom is -0.480 e. The number of aryl methyl sites for hydroxylation is 1. The molecule has 0 unspecified atom stereocenters. The van der Waals surface area contributed by atoms with E-state index in [1.54, 1.807) is 6.92 Å². The van der Waals surface area contributed by atoms with Crippen LogP contribution in [0, 0.1) is 12.7 Å². The summed E-state index contributed by atoms with van der Waals surface area (Å²) in [6.45, 7) is 2.12. The van der Waals surface area contributed by atoms with Crippen LogP contribution >= 0.6 is 0 Å². The number of carboxylic acid groups (broad SMARTS) is 1. The highest BCUT2D eigenvalue weighted by Gasteiger charge is 2.34. The molecule has 1 aliphatic heterocycles. The standard InChI is InChI=1S/C13H14FNO3/c1-8-4-5-9(14)7-10(8)12(16)15-6-2-3-11(15)13(17)18/h4-5,7,11H,2-3,6H2,1H3,(H,17,18)/t11-/m1/s1. The lowest BCUT2D eigenvalue weighted by Crippen LogP contribution is -2.40. The smallest absolute Gasteiger partial charge is 0.326 e. The summed E-state index contributed by atoms with van der Waals surface area (Å²) < 4.78 is 13.2. The quantitative estimate of drug-likeness (QED) is 0.872. The number of halogens is 1. The molecule has 96 valence electrons. The summed E-state index contributed by atoms with van der Waals surface area (Å²) in [5.74, 6) is -1.90. The number of amides is 1. The molecule has 0 spiro atoms. The Morgan fingerprint density at radius 3 is 2.83 bits per heavy atom. The van der Waals surface area contributed by atoms with Crippen LogP contribution in [0.4, 0.5) is 4.39 Å². The summed E-state index contributed by atoms with van der Waals surface area (Å²) in [5.41, 5.74) is 0.889. The predicted molar refractivity (Wildman–Crippen MR) is 62.8 cm³/mol. The van der Waals surface area contributed by atoms with Crippen molar-refractivity contribution < 1.29 is 19.1 Å². The highest BCUT2D eigenvalue weighted by atomic mass is 19.1. The maximum atomic E-state index is 13.2. The molecule has 1 heterocycles. The van der Waals surface area contributed by atoms with Crippen molar-refractivity contribution in [2.45, 2.75) is 25.8 Å².